The summed E-state index contributed by atoms with van der Waals surface area (Å²) in [5.74, 6) is 0. The van der Waals surface area contributed by atoms with Crippen molar-refractivity contribution in [2.45, 2.75) is 20.3 Å². The number of hydrogen-bond donors (Lipinski definition) is 1. The van der Waals surface area contributed by atoms with Crippen LogP contribution in [0.15, 0.2) is 29.6 Å². The number of rotatable bonds is 4. The van der Waals surface area contributed by atoms with Gasteiger partial charge >= 0.3 is 0 Å². The Bertz CT molecular complexity index is 470. The summed E-state index contributed by atoms with van der Waals surface area (Å²) < 4.78 is 1.40. The molecule has 2 aromatic rings. The predicted octanol–water partition coefficient (Wildman–Crippen LogP) is 3.69. The Balaban J connectivity index is 2.27. The van der Waals surface area contributed by atoms with Gasteiger partial charge in [0.05, 0.1) is 0 Å². The van der Waals surface area contributed by atoms with E-state index >= 15 is 0 Å². The van der Waals surface area contributed by atoms with Crippen LogP contribution in [0.2, 0.25) is 0 Å². The maximum atomic E-state index is 3.27. The maximum absolute atomic E-state index is 3.27. The first-order valence-corrected chi connectivity index (χ1v) is 6.60. The number of nitrogens with one attached hydrogen (secondary N) is 1. The van der Waals surface area contributed by atoms with Crippen molar-refractivity contribution in [3.05, 3.63) is 35.2 Å². The van der Waals surface area contributed by atoms with Crippen molar-refractivity contribution in [1.29, 1.82) is 0 Å². The lowest BCUT2D eigenvalue weighted by Crippen LogP contribution is -2.28. The molecule has 0 unspecified atom stereocenters. The largest absolute Gasteiger partial charge is 0.319 e. The van der Waals surface area contributed by atoms with Crippen LogP contribution in [0.1, 0.15) is 19.4 Å². The topological polar surface area (TPSA) is 12.0 Å². The van der Waals surface area contributed by atoms with Gasteiger partial charge in [-0.05, 0) is 41.3 Å². The lowest BCUT2D eigenvalue weighted by Gasteiger charge is -2.23. The third-order valence-corrected chi connectivity index (χ3v) is 3.90. The number of fused-ring (bicyclic) bond motifs is 1. The monoisotopic (exact) mass is 233 g/mol. The van der Waals surface area contributed by atoms with Crippen LogP contribution in [0.25, 0.3) is 10.1 Å². The Morgan fingerprint density at radius 1 is 1.25 bits per heavy atom. The number of thiophene rings is 1. The van der Waals surface area contributed by atoms with Crippen molar-refractivity contribution >= 4 is 21.4 Å². The van der Waals surface area contributed by atoms with Gasteiger partial charge in [0.2, 0.25) is 0 Å². The third-order valence-electron chi connectivity index (χ3n) is 2.89. The molecule has 0 saturated carbocycles. The van der Waals surface area contributed by atoms with Crippen molar-refractivity contribution in [3.63, 3.8) is 0 Å². The van der Waals surface area contributed by atoms with Crippen LogP contribution in [-0.4, -0.2) is 13.6 Å². The standard InChI is InChI=1S/C14H19NS/c1-14(2,10-15-3)8-11-9-16-13-7-5-4-6-12(11)13/h4-7,9,15H,8,10H2,1-3H3. The SMILES string of the molecule is CNCC(C)(C)Cc1csc2ccccc12. The fraction of sp³-hybridized carbons (Fsp3) is 0.429. The molecule has 0 radical (unpaired) electrons. The van der Waals surface area contributed by atoms with E-state index in [0.29, 0.717) is 5.41 Å². The molecule has 2 rings (SSSR count). The minimum Gasteiger partial charge on any atom is -0.319 e. The summed E-state index contributed by atoms with van der Waals surface area (Å²) in [6.45, 7) is 5.68. The Hall–Kier alpha value is -0.860. The van der Waals surface area contributed by atoms with Gasteiger partial charge in [-0.1, -0.05) is 32.0 Å². The highest BCUT2D eigenvalue weighted by Crippen LogP contribution is 2.30. The second kappa shape index (κ2) is 4.56. The van der Waals surface area contributed by atoms with E-state index in [1.54, 1.807) is 0 Å². The lowest BCUT2D eigenvalue weighted by molar-refractivity contribution is 0.351. The van der Waals surface area contributed by atoms with E-state index in [4.69, 9.17) is 0 Å². The van der Waals surface area contributed by atoms with Crippen molar-refractivity contribution in [3.8, 4) is 0 Å². The predicted molar refractivity (Wildman–Crippen MR) is 73.2 cm³/mol. The molecule has 0 aliphatic rings. The van der Waals surface area contributed by atoms with Crippen LogP contribution in [0.4, 0.5) is 0 Å². The minimum absolute atomic E-state index is 0.318. The average molecular weight is 233 g/mol. The van der Waals surface area contributed by atoms with Crippen LogP contribution in [-0.2, 0) is 6.42 Å². The van der Waals surface area contributed by atoms with E-state index in [-0.39, 0.29) is 0 Å². The molecular weight excluding hydrogens is 214 g/mol. The lowest BCUT2D eigenvalue weighted by atomic mass is 9.85. The first-order valence-electron chi connectivity index (χ1n) is 5.72. The molecule has 1 nitrogen and oxygen atoms in total. The molecule has 16 heavy (non-hydrogen) atoms. The highest BCUT2D eigenvalue weighted by molar-refractivity contribution is 7.17. The van der Waals surface area contributed by atoms with Crippen LogP contribution in [0.3, 0.4) is 0 Å². The molecule has 0 spiro atoms. The van der Waals surface area contributed by atoms with E-state index in [0.717, 1.165) is 13.0 Å². The molecule has 1 aromatic heterocycles. The molecule has 0 saturated heterocycles. The highest BCUT2D eigenvalue weighted by Gasteiger charge is 2.19. The summed E-state index contributed by atoms with van der Waals surface area (Å²) in [6, 6.07) is 8.68. The fourth-order valence-corrected chi connectivity index (χ4v) is 3.19. The highest BCUT2D eigenvalue weighted by atomic mass is 32.1. The molecule has 1 N–H and O–H groups in total. The number of benzene rings is 1. The summed E-state index contributed by atoms with van der Waals surface area (Å²) in [4.78, 5) is 0. The first-order chi connectivity index (χ1) is 7.62. The molecular formula is C14H19NS. The Labute approximate surface area is 101 Å². The van der Waals surface area contributed by atoms with E-state index < -0.39 is 0 Å². The normalized spacial score (nSPS) is 12.2. The zero-order valence-corrected chi connectivity index (χ0v) is 11.0. The average Bonchev–Trinajstić information content (AvgIpc) is 2.61. The zero-order valence-electron chi connectivity index (χ0n) is 10.2. The second-order valence-electron chi connectivity index (χ2n) is 5.13. The summed E-state index contributed by atoms with van der Waals surface area (Å²) >= 11 is 1.85. The molecule has 1 aromatic carbocycles. The van der Waals surface area contributed by atoms with Crippen LogP contribution >= 0.6 is 11.3 Å². The van der Waals surface area contributed by atoms with Crippen LogP contribution < -0.4 is 5.32 Å². The van der Waals surface area contributed by atoms with Gasteiger partial charge in [0, 0.05) is 11.2 Å². The summed E-state index contributed by atoms with van der Waals surface area (Å²) in [5, 5.41) is 7.01. The quantitative estimate of drug-likeness (QED) is 0.849. The Morgan fingerprint density at radius 3 is 2.75 bits per heavy atom. The van der Waals surface area contributed by atoms with Gasteiger partial charge in [-0.15, -0.1) is 11.3 Å². The van der Waals surface area contributed by atoms with Crippen molar-refractivity contribution in [2.75, 3.05) is 13.6 Å². The molecule has 86 valence electrons. The van der Waals surface area contributed by atoms with E-state index in [1.807, 2.05) is 18.4 Å². The van der Waals surface area contributed by atoms with Gasteiger partial charge in [-0.25, -0.2) is 0 Å². The van der Waals surface area contributed by atoms with Gasteiger partial charge < -0.3 is 5.32 Å². The molecule has 0 atom stereocenters. The Morgan fingerprint density at radius 2 is 2.00 bits per heavy atom. The third kappa shape index (κ3) is 2.45. The van der Waals surface area contributed by atoms with E-state index in [9.17, 15) is 0 Å². The molecule has 0 aliphatic heterocycles. The molecule has 0 fully saturated rings. The van der Waals surface area contributed by atoms with Crippen LogP contribution in [0.5, 0.6) is 0 Å². The summed E-state index contributed by atoms with van der Waals surface area (Å²) in [7, 11) is 2.02. The van der Waals surface area contributed by atoms with Crippen molar-refractivity contribution < 1.29 is 0 Å². The van der Waals surface area contributed by atoms with Crippen molar-refractivity contribution in [1.82, 2.24) is 5.32 Å². The van der Waals surface area contributed by atoms with E-state index in [2.05, 4.69) is 48.8 Å². The zero-order chi connectivity index (χ0) is 11.6. The molecule has 0 aliphatic carbocycles. The second-order valence-corrected chi connectivity index (χ2v) is 6.04. The fourth-order valence-electron chi connectivity index (χ4n) is 2.23. The van der Waals surface area contributed by atoms with Gasteiger partial charge in [0.15, 0.2) is 0 Å². The van der Waals surface area contributed by atoms with Crippen molar-refractivity contribution in [2.24, 2.45) is 5.41 Å². The molecule has 0 bridgehead atoms. The summed E-state index contributed by atoms with van der Waals surface area (Å²) in [5.41, 5.74) is 1.80. The van der Waals surface area contributed by atoms with Gasteiger partial charge in [-0.2, -0.15) is 0 Å². The number of hydrogen-bond acceptors (Lipinski definition) is 2. The summed E-state index contributed by atoms with van der Waals surface area (Å²) in [6.07, 6.45) is 1.14. The molecule has 2 heteroatoms. The van der Waals surface area contributed by atoms with E-state index in [1.165, 1.54) is 15.6 Å². The molecule has 1 heterocycles. The maximum Gasteiger partial charge on any atom is 0.0345 e. The van der Waals surface area contributed by atoms with Gasteiger partial charge in [-0.3, -0.25) is 0 Å². The Kier molecular flexibility index (Phi) is 3.31. The smallest absolute Gasteiger partial charge is 0.0345 e. The van der Waals surface area contributed by atoms with Crippen LogP contribution in [0, 0.1) is 5.41 Å². The van der Waals surface area contributed by atoms with Gasteiger partial charge in [0.1, 0.15) is 0 Å². The van der Waals surface area contributed by atoms with Gasteiger partial charge in [0.25, 0.3) is 0 Å². The molecule has 0 amide bonds. The first kappa shape index (κ1) is 11.6. The minimum atomic E-state index is 0.318.